The third-order valence-electron chi connectivity index (χ3n) is 15.4. The van der Waals surface area contributed by atoms with Gasteiger partial charge < -0.3 is 33.2 Å². The average molecular weight is 943 g/mol. The van der Waals surface area contributed by atoms with Gasteiger partial charge in [-0.15, -0.1) is 0 Å². The molecule has 0 heterocycles. The molecule has 3 atom stereocenters. The first-order valence-corrected chi connectivity index (χ1v) is 27.6. The quantitative estimate of drug-likeness (QED) is 0.0260. The van der Waals surface area contributed by atoms with Crippen molar-refractivity contribution in [2.24, 2.45) is 35.5 Å². The van der Waals surface area contributed by atoms with Crippen LogP contribution in [0.5, 0.6) is 0 Å². The molecule has 4 aliphatic carbocycles. The summed E-state index contributed by atoms with van der Waals surface area (Å²) in [6.45, 7) is 13.2. The summed E-state index contributed by atoms with van der Waals surface area (Å²) >= 11 is 0. The lowest BCUT2D eigenvalue weighted by atomic mass is 9.69. The molecule has 0 aromatic rings. The van der Waals surface area contributed by atoms with Gasteiger partial charge in [0.05, 0.1) is 56.6 Å². The fourth-order valence-electron chi connectivity index (χ4n) is 11.0. The number of hydrogen-bond donors (Lipinski definition) is 0. The van der Waals surface area contributed by atoms with Crippen LogP contribution in [0.15, 0.2) is 25.3 Å². The maximum absolute atomic E-state index is 13.4. The molecule has 67 heavy (non-hydrogen) atoms. The molecule has 0 N–H and O–H groups in total. The molecule has 11 heteroatoms. The van der Waals surface area contributed by atoms with Gasteiger partial charge in [0.15, 0.2) is 0 Å². The fourth-order valence-corrected chi connectivity index (χ4v) is 11.0. The van der Waals surface area contributed by atoms with E-state index in [4.69, 9.17) is 33.2 Å². The zero-order chi connectivity index (χ0) is 47.7. The highest BCUT2D eigenvalue weighted by Crippen LogP contribution is 2.42. The number of esters is 4. The van der Waals surface area contributed by atoms with Crippen molar-refractivity contribution in [2.45, 2.75) is 224 Å². The lowest BCUT2D eigenvalue weighted by Crippen LogP contribution is -2.40. The highest BCUT2D eigenvalue weighted by Gasteiger charge is 2.40. The standard InChI is InChI=1S/C56H94O11/c1-4-7-36-62-52-35-30-48(42-51(52)56(60)66-41-20-14-12-18-39-64-54(58)6-3)46-26-31-49(32-27-46)61-37-16-11-13-19-40-65-55(59)47-28-33-50(34-29-47)67-43-45-24-22-44(23-25-45)21-15-9-8-10-17-38-63-53(57)5-2/h5-6,44-52H,2-4,7-43H2,1H3. The number of hydrogen-bond acceptors (Lipinski definition) is 11. The number of carbonyl (C=O) groups is 4. The van der Waals surface area contributed by atoms with E-state index in [0.717, 1.165) is 167 Å². The van der Waals surface area contributed by atoms with Crippen molar-refractivity contribution in [2.75, 3.05) is 46.2 Å². The van der Waals surface area contributed by atoms with Crippen molar-refractivity contribution in [3.8, 4) is 0 Å². The lowest BCUT2D eigenvalue weighted by Gasteiger charge is -2.40. The molecule has 0 bridgehead atoms. The molecule has 0 radical (unpaired) electrons. The minimum atomic E-state index is -0.387. The Kier molecular flexibility index (Phi) is 30.0. The summed E-state index contributed by atoms with van der Waals surface area (Å²) in [5, 5.41) is 0. The van der Waals surface area contributed by atoms with Crippen LogP contribution in [0, 0.1) is 35.5 Å². The summed E-state index contributed by atoms with van der Waals surface area (Å²) in [6.07, 6.45) is 36.1. The van der Waals surface area contributed by atoms with Gasteiger partial charge in [-0.2, -0.15) is 0 Å². The molecule has 4 aliphatic rings. The summed E-state index contributed by atoms with van der Waals surface area (Å²) in [5.74, 6) is 1.71. The molecular formula is C56H94O11. The van der Waals surface area contributed by atoms with Crippen LogP contribution in [0.3, 0.4) is 0 Å². The topological polar surface area (TPSA) is 133 Å². The molecular weight excluding hydrogens is 849 g/mol. The van der Waals surface area contributed by atoms with Gasteiger partial charge in [0.25, 0.3) is 0 Å². The molecule has 11 nitrogen and oxygen atoms in total. The molecule has 0 aromatic carbocycles. The Balaban J connectivity index is 0.956. The molecule has 0 saturated heterocycles. The van der Waals surface area contributed by atoms with Crippen molar-refractivity contribution in [3.05, 3.63) is 25.3 Å². The second-order valence-corrected chi connectivity index (χ2v) is 20.5. The Morgan fingerprint density at radius 3 is 1.52 bits per heavy atom. The largest absolute Gasteiger partial charge is 0.465 e. The van der Waals surface area contributed by atoms with E-state index in [1.807, 2.05) is 0 Å². The minimum absolute atomic E-state index is 0.0149. The van der Waals surface area contributed by atoms with Crippen molar-refractivity contribution in [3.63, 3.8) is 0 Å². The number of rotatable bonds is 35. The second-order valence-electron chi connectivity index (χ2n) is 20.5. The Morgan fingerprint density at radius 2 is 0.925 bits per heavy atom. The minimum Gasteiger partial charge on any atom is -0.465 e. The summed E-state index contributed by atoms with van der Waals surface area (Å²) in [7, 11) is 0. The van der Waals surface area contributed by atoms with Gasteiger partial charge >= 0.3 is 23.9 Å². The first kappa shape index (κ1) is 56.8. The number of ether oxygens (including phenoxy) is 7. The molecule has 3 unspecified atom stereocenters. The Bertz CT molecular complexity index is 1360. The van der Waals surface area contributed by atoms with Gasteiger partial charge in [0, 0.05) is 32.0 Å². The van der Waals surface area contributed by atoms with Crippen LogP contribution < -0.4 is 0 Å². The van der Waals surface area contributed by atoms with Gasteiger partial charge in [-0.05, 0) is 165 Å². The molecule has 0 amide bonds. The van der Waals surface area contributed by atoms with E-state index >= 15 is 0 Å². The van der Waals surface area contributed by atoms with E-state index in [0.29, 0.717) is 56.9 Å². The smallest absolute Gasteiger partial charge is 0.330 e. The van der Waals surface area contributed by atoms with E-state index in [1.54, 1.807) is 0 Å². The van der Waals surface area contributed by atoms with Crippen molar-refractivity contribution >= 4 is 23.9 Å². The maximum atomic E-state index is 13.4. The van der Waals surface area contributed by atoms with Crippen LogP contribution in [0.25, 0.3) is 0 Å². The monoisotopic (exact) mass is 943 g/mol. The van der Waals surface area contributed by atoms with Gasteiger partial charge in [0.1, 0.15) is 0 Å². The molecule has 0 aromatic heterocycles. The van der Waals surface area contributed by atoms with Crippen molar-refractivity contribution < 1.29 is 52.3 Å². The predicted octanol–water partition coefficient (Wildman–Crippen LogP) is 12.6. The highest BCUT2D eigenvalue weighted by atomic mass is 16.5. The number of carbonyl (C=O) groups excluding carboxylic acids is 4. The van der Waals surface area contributed by atoms with Crippen LogP contribution in [0.2, 0.25) is 0 Å². The molecule has 0 spiro atoms. The van der Waals surface area contributed by atoms with E-state index in [1.165, 1.54) is 63.5 Å². The van der Waals surface area contributed by atoms with Crippen LogP contribution in [0.4, 0.5) is 0 Å². The van der Waals surface area contributed by atoms with Crippen molar-refractivity contribution in [1.29, 1.82) is 0 Å². The first-order valence-electron chi connectivity index (χ1n) is 27.6. The van der Waals surface area contributed by atoms with Crippen molar-refractivity contribution in [1.82, 2.24) is 0 Å². The molecule has 4 saturated carbocycles. The van der Waals surface area contributed by atoms with Gasteiger partial charge in [-0.25, -0.2) is 9.59 Å². The van der Waals surface area contributed by atoms with E-state index in [-0.39, 0.29) is 47.9 Å². The van der Waals surface area contributed by atoms with Crippen LogP contribution in [-0.2, 0) is 52.3 Å². The van der Waals surface area contributed by atoms with Gasteiger partial charge in [-0.1, -0.05) is 77.9 Å². The maximum Gasteiger partial charge on any atom is 0.330 e. The summed E-state index contributed by atoms with van der Waals surface area (Å²) in [4.78, 5) is 48.5. The SMILES string of the molecule is C=CC(=O)OCCCCCCCC1CCC(COC2CCC(C(=O)OCCCCCCOC3CCC(C4CCC(OCCCC)C(C(=O)OCCCCCCOC(=O)C=C)C4)CC3)CC2)CC1. The van der Waals surface area contributed by atoms with Crippen LogP contribution in [-0.4, -0.2) is 88.4 Å². The summed E-state index contributed by atoms with van der Waals surface area (Å²) in [6, 6.07) is 0. The predicted molar refractivity (Wildman–Crippen MR) is 263 cm³/mol. The lowest BCUT2D eigenvalue weighted by molar-refractivity contribution is -0.159. The Hall–Kier alpha value is -2.76. The normalized spacial score (nSPS) is 26.6. The van der Waals surface area contributed by atoms with E-state index < -0.39 is 0 Å². The first-order chi connectivity index (χ1) is 32.8. The Labute approximate surface area is 406 Å². The van der Waals surface area contributed by atoms with Crippen LogP contribution in [0.1, 0.15) is 206 Å². The average Bonchev–Trinajstić information content (AvgIpc) is 3.36. The Morgan fingerprint density at radius 1 is 0.448 bits per heavy atom. The van der Waals surface area contributed by atoms with Gasteiger partial charge in [0.2, 0.25) is 0 Å². The van der Waals surface area contributed by atoms with E-state index in [9.17, 15) is 19.2 Å². The molecule has 384 valence electrons. The second kappa shape index (κ2) is 35.4. The zero-order valence-corrected chi connectivity index (χ0v) is 42.1. The fraction of sp³-hybridized carbons (Fsp3) is 0.857. The van der Waals surface area contributed by atoms with Gasteiger partial charge in [-0.3, -0.25) is 9.59 Å². The zero-order valence-electron chi connectivity index (χ0n) is 42.1. The van der Waals surface area contributed by atoms with E-state index in [2.05, 4.69) is 20.1 Å². The number of unbranched alkanes of at least 4 members (excludes halogenated alkanes) is 11. The molecule has 0 aliphatic heterocycles. The van der Waals surface area contributed by atoms with Crippen LogP contribution >= 0.6 is 0 Å². The highest BCUT2D eigenvalue weighted by molar-refractivity contribution is 5.81. The third kappa shape index (κ3) is 24.1. The summed E-state index contributed by atoms with van der Waals surface area (Å²) < 4.78 is 40.7. The third-order valence-corrected chi connectivity index (χ3v) is 15.4. The molecule has 4 rings (SSSR count). The summed E-state index contributed by atoms with van der Waals surface area (Å²) in [5.41, 5.74) is 0. The molecule has 4 fully saturated rings.